The zero-order valence-corrected chi connectivity index (χ0v) is 9.05. The average Bonchev–Trinajstić information content (AvgIpc) is 1.88. The standard InChI is InChI=1S/C7H15FN2.2ClH/c1-10(2)7-3-4-9-5-6(7)8;;/h6-7,9H,3-5H2,1-2H3;2*1H/t6-,7+;;/m0../s1. The van der Waals surface area contributed by atoms with Gasteiger partial charge in [-0.25, -0.2) is 4.39 Å². The third-order valence-electron chi connectivity index (χ3n) is 2.04. The second-order valence-electron chi connectivity index (χ2n) is 3.04. The number of nitrogens with zero attached hydrogens (tertiary/aromatic N) is 1. The van der Waals surface area contributed by atoms with Crippen LogP contribution >= 0.6 is 24.8 Å². The molecule has 1 saturated heterocycles. The molecule has 1 aliphatic rings. The van der Waals surface area contributed by atoms with E-state index in [0.29, 0.717) is 6.54 Å². The maximum absolute atomic E-state index is 13.0. The number of hydrogen-bond donors (Lipinski definition) is 1. The van der Waals surface area contributed by atoms with Crippen molar-refractivity contribution in [1.82, 2.24) is 10.2 Å². The highest BCUT2D eigenvalue weighted by atomic mass is 35.5. The molecule has 0 unspecified atom stereocenters. The Labute approximate surface area is 85.7 Å². The first-order valence-corrected chi connectivity index (χ1v) is 3.73. The average molecular weight is 219 g/mol. The Bertz CT molecular complexity index is 114. The van der Waals surface area contributed by atoms with E-state index in [1.807, 2.05) is 19.0 Å². The van der Waals surface area contributed by atoms with Crippen LogP contribution in [0.15, 0.2) is 0 Å². The van der Waals surface area contributed by atoms with Crippen molar-refractivity contribution in [3.05, 3.63) is 0 Å². The van der Waals surface area contributed by atoms with E-state index >= 15 is 0 Å². The van der Waals surface area contributed by atoms with Crippen LogP contribution in [0.2, 0.25) is 0 Å². The fraction of sp³-hybridized carbons (Fsp3) is 1.00. The van der Waals surface area contributed by atoms with Crippen LogP contribution in [0.1, 0.15) is 6.42 Å². The van der Waals surface area contributed by atoms with E-state index in [9.17, 15) is 4.39 Å². The van der Waals surface area contributed by atoms with Crippen molar-refractivity contribution < 1.29 is 4.39 Å². The van der Waals surface area contributed by atoms with E-state index in [1.54, 1.807) is 0 Å². The second-order valence-corrected chi connectivity index (χ2v) is 3.04. The largest absolute Gasteiger partial charge is 0.314 e. The van der Waals surface area contributed by atoms with Gasteiger partial charge >= 0.3 is 0 Å². The maximum Gasteiger partial charge on any atom is 0.128 e. The SMILES string of the molecule is CN(C)[C@@H]1CCNC[C@@H]1F.Cl.Cl. The van der Waals surface area contributed by atoms with Gasteiger partial charge in [-0.3, -0.25) is 0 Å². The Hall–Kier alpha value is 0.430. The van der Waals surface area contributed by atoms with Gasteiger partial charge < -0.3 is 10.2 Å². The second kappa shape index (κ2) is 6.89. The summed E-state index contributed by atoms with van der Waals surface area (Å²) in [5, 5.41) is 3.02. The lowest BCUT2D eigenvalue weighted by atomic mass is 10.0. The molecule has 2 atom stereocenters. The molecule has 0 radical (unpaired) electrons. The molecule has 76 valence electrons. The van der Waals surface area contributed by atoms with E-state index in [2.05, 4.69) is 5.32 Å². The Kier molecular flexibility index (Phi) is 8.58. The number of nitrogens with one attached hydrogen (secondary N) is 1. The maximum atomic E-state index is 13.0. The molecule has 1 aliphatic heterocycles. The highest BCUT2D eigenvalue weighted by Gasteiger charge is 2.25. The van der Waals surface area contributed by atoms with Gasteiger partial charge in [-0.15, -0.1) is 24.8 Å². The third kappa shape index (κ3) is 3.90. The number of hydrogen-bond acceptors (Lipinski definition) is 2. The van der Waals surface area contributed by atoms with Crippen LogP contribution in [0, 0.1) is 0 Å². The summed E-state index contributed by atoms with van der Waals surface area (Å²) in [6.07, 6.45) is 0.234. The smallest absolute Gasteiger partial charge is 0.128 e. The lowest BCUT2D eigenvalue weighted by molar-refractivity contribution is 0.125. The van der Waals surface area contributed by atoms with Gasteiger partial charge in [0, 0.05) is 12.6 Å². The van der Waals surface area contributed by atoms with Crippen LogP contribution in [0.5, 0.6) is 0 Å². The minimum Gasteiger partial charge on any atom is -0.314 e. The molecule has 1 fully saturated rings. The van der Waals surface area contributed by atoms with Crippen molar-refractivity contribution >= 4 is 24.8 Å². The highest BCUT2D eigenvalue weighted by molar-refractivity contribution is 5.85. The van der Waals surface area contributed by atoms with Gasteiger partial charge in [0.25, 0.3) is 0 Å². The third-order valence-corrected chi connectivity index (χ3v) is 2.04. The number of rotatable bonds is 1. The Balaban J connectivity index is 0. The van der Waals surface area contributed by atoms with Gasteiger partial charge in [0.05, 0.1) is 0 Å². The molecule has 0 aliphatic carbocycles. The fourth-order valence-corrected chi connectivity index (χ4v) is 1.39. The summed E-state index contributed by atoms with van der Waals surface area (Å²) in [7, 11) is 3.87. The summed E-state index contributed by atoms with van der Waals surface area (Å²) in [6.45, 7) is 1.46. The normalized spacial score (nSPS) is 29.0. The van der Waals surface area contributed by atoms with E-state index in [-0.39, 0.29) is 30.9 Å². The van der Waals surface area contributed by atoms with Crippen molar-refractivity contribution in [1.29, 1.82) is 0 Å². The Morgan fingerprint density at radius 3 is 2.25 bits per heavy atom. The van der Waals surface area contributed by atoms with E-state index in [0.717, 1.165) is 13.0 Å². The van der Waals surface area contributed by atoms with Gasteiger partial charge in [-0.2, -0.15) is 0 Å². The number of piperidine rings is 1. The molecule has 0 amide bonds. The zero-order chi connectivity index (χ0) is 7.56. The summed E-state index contributed by atoms with van der Waals surface area (Å²) in [6, 6.07) is 0.126. The quantitative estimate of drug-likeness (QED) is 0.710. The van der Waals surface area contributed by atoms with Gasteiger partial charge in [0.1, 0.15) is 6.17 Å². The predicted molar refractivity (Wildman–Crippen MR) is 54.4 cm³/mol. The summed E-state index contributed by atoms with van der Waals surface area (Å²) in [4.78, 5) is 1.96. The first-order chi connectivity index (χ1) is 4.72. The van der Waals surface area contributed by atoms with Crippen LogP contribution in [-0.2, 0) is 0 Å². The topological polar surface area (TPSA) is 15.3 Å². The lowest BCUT2D eigenvalue weighted by Crippen LogP contribution is -2.48. The molecular formula is C7H17Cl2FN2. The summed E-state index contributed by atoms with van der Waals surface area (Å²) in [5.74, 6) is 0. The molecule has 12 heavy (non-hydrogen) atoms. The predicted octanol–water partition coefficient (Wildman–Crippen LogP) is 1.09. The van der Waals surface area contributed by atoms with Crippen molar-refractivity contribution in [2.45, 2.75) is 18.6 Å². The molecule has 0 bridgehead atoms. The van der Waals surface area contributed by atoms with Gasteiger partial charge in [-0.05, 0) is 27.1 Å². The molecule has 5 heteroatoms. The monoisotopic (exact) mass is 218 g/mol. The number of halogens is 3. The first-order valence-electron chi connectivity index (χ1n) is 3.73. The minimum atomic E-state index is -0.691. The zero-order valence-electron chi connectivity index (χ0n) is 7.42. The molecule has 1 N–H and O–H groups in total. The minimum absolute atomic E-state index is 0. The summed E-state index contributed by atoms with van der Waals surface area (Å²) < 4.78 is 13.0. The molecule has 0 aromatic rings. The molecule has 0 aromatic heterocycles. The number of alkyl halides is 1. The lowest BCUT2D eigenvalue weighted by Gasteiger charge is -2.31. The van der Waals surface area contributed by atoms with Crippen molar-refractivity contribution in [3.63, 3.8) is 0 Å². The molecule has 0 saturated carbocycles. The van der Waals surface area contributed by atoms with Crippen LogP contribution in [0.4, 0.5) is 4.39 Å². The molecule has 0 spiro atoms. The van der Waals surface area contributed by atoms with E-state index in [1.165, 1.54) is 0 Å². The Morgan fingerprint density at radius 2 is 1.92 bits per heavy atom. The van der Waals surface area contributed by atoms with Crippen LogP contribution in [-0.4, -0.2) is 44.3 Å². The van der Waals surface area contributed by atoms with E-state index < -0.39 is 6.17 Å². The molecule has 2 nitrogen and oxygen atoms in total. The summed E-state index contributed by atoms with van der Waals surface area (Å²) >= 11 is 0. The van der Waals surface area contributed by atoms with Crippen molar-refractivity contribution in [3.8, 4) is 0 Å². The van der Waals surface area contributed by atoms with Gasteiger partial charge in [0.15, 0.2) is 0 Å². The van der Waals surface area contributed by atoms with Crippen molar-refractivity contribution in [2.24, 2.45) is 0 Å². The van der Waals surface area contributed by atoms with Crippen molar-refractivity contribution in [2.75, 3.05) is 27.2 Å². The first kappa shape index (κ1) is 14.9. The van der Waals surface area contributed by atoms with Crippen LogP contribution < -0.4 is 5.32 Å². The Morgan fingerprint density at radius 1 is 1.33 bits per heavy atom. The molecular weight excluding hydrogens is 202 g/mol. The van der Waals surface area contributed by atoms with Gasteiger partial charge in [0.2, 0.25) is 0 Å². The van der Waals surface area contributed by atoms with Crippen LogP contribution in [0.25, 0.3) is 0 Å². The molecule has 1 rings (SSSR count). The van der Waals surface area contributed by atoms with Crippen LogP contribution in [0.3, 0.4) is 0 Å². The molecule has 1 heterocycles. The van der Waals surface area contributed by atoms with E-state index in [4.69, 9.17) is 0 Å². The molecule has 0 aromatic carbocycles. The fourth-order valence-electron chi connectivity index (χ4n) is 1.39. The highest BCUT2D eigenvalue weighted by Crippen LogP contribution is 2.11. The summed E-state index contributed by atoms with van der Waals surface area (Å²) in [5.41, 5.74) is 0. The van der Waals surface area contributed by atoms with Gasteiger partial charge in [-0.1, -0.05) is 0 Å².